The molecule has 0 aromatic carbocycles. The summed E-state index contributed by atoms with van der Waals surface area (Å²) in [4.78, 5) is 10.7. The van der Waals surface area contributed by atoms with Gasteiger partial charge in [-0.3, -0.25) is 4.90 Å². The van der Waals surface area contributed by atoms with Gasteiger partial charge in [0.2, 0.25) is 0 Å². The predicted molar refractivity (Wildman–Crippen MR) is 78.8 cm³/mol. The van der Waals surface area contributed by atoms with Gasteiger partial charge in [-0.15, -0.1) is 0 Å². The van der Waals surface area contributed by atoms with Crippen LogP contribution in [0.4, 0.5) is 5.13 Å². The first-order valence-electron chi connectivity index (χ1n) is 7.37. The van der Waals surface area contributed by atoms with Crippen LogP contribution in [0.3, 0.4) is 0 Å². The molecule has 0 spiro atoms. The van der Waals surface area contributed by atoms with Crippen LogP contribution in [-0.4, -0.2) is 47.7 Å². The van der Waals surface area contributed by atoms with Gasteiger partial charge in [-0.2, -0.15) is 0 Å². The first kappa shape index (κ1) is 13.3. The van der Waals surface area contributed by atoms with Crippen molar-refractivity contribution in [3.05, 3.63) is 10.6 Å². The summed E-state index contributed by atoms with van der Waals surface area (Å²) in [5.74, 6) is 0.985. The summed E-state index contributed by atoms with van der Waals surface area (Å²) in [5, 5.41) is 10.5. The minimum absolute atomic E-state index is 0.127. The third-order valence-electron chi connectivity index (χ3n) is 4.10. The van der Waals surface area contributed by atoms with Crippen molar-refractivity contribution in [3.63, 3.8) is 0 Å². The molecule has 3 rings (SSSR count). The van der Waals surface area contributed by atoms with Crippen molar-refractivity contribution < 1.29 is 5.11 Å². The highest BCUT2D eigenvalue weighted by molar-refractivity contribution is 7.15. The van der Waals surface area contributed by atoms with E-state index in [1.54, 1.807) is 11.3 Å². The topological polar surface area (TPSA) is 39.6 Å². The Hall–Kier alpha value is -0.650. The second-order valence-electron chi connectivity index (χ2n) is 5.61. The van der Waals surface area contributed by atoms with Crippen molar-refractivity contribution in [1.82, 2.24) is 9.88 Å². The number of aryl methyl sites for hydroxylation is 1. The van der Waals surface area contributed by atoms with E-state index in [1.807, 2.05) is 0 Å². The van der Waals surface area contributed by atoms with Gasteiger partial charge in [-0.05, 0) is 25.2 Å². The highest BCUT2D eigenvalue weighted by atomic mass is 32.1. The third-order valence-corrected chi connectivity index (χ3v) is 5.24. The van der Waals surface area contributed by atoms with E-state index in [2.05, 4.69) is 21.7 Å². The molecule has 1 saturated heterocycles. The van der Waals surface area contributed by atoms with Gasteiger partial charge in [-0.1, -0.05) is 18.3 Å². The summed E-state index contributed by atoms with van der Waals surface area (Å²) < 4.78 is 0. The number of aliphatic hydroxyl groups excluding tert-OH is 1. The maximum Gasteiger partial charge on any atom is 0.185 e. The van der Waals surface area contributed by atoms with Crippen LogP contribution in [0.2, 0.25) is 0 Å². The summed E-state index contributed by atoms with van der Waals surface area (Å²) in [6.45, 7) is 8.00. The van der Waals surface area contributed by atoms with E-state index in [0.29, 0.717) is 0 Å². The maximum atomic E-state index is 9.35. The first-order chi connectivity index (χ1) is 9.30. The predicted octanol–water partition coefficient (Wildman–Crippen LogP) is 1.73. The average molecular weight is 281 g/mol. The molecule has 106 valence electrons. The fraction of sp³-hybridized carbons (Fsp3) is 0.786. The molecule has 0 amide bonds. The lowest BCUT2D eigenvalue weighted by Crippen LogP contribution is -2.47. The van der Waals surface area contributed by atoms with E-state index in [-0.39, 0.29) is 6.61 Å². The van der Waals surface area contributed by atoms with Gasteiger partial charge in [0.1, 0.15) is 0 Å². The normalized spacial score (nSPS) is 21.1. The molecular formula is C14H23N3OS. The molecule has 0 unspecified atom stereocenters. The number of piperazine rings is 1. The lowest BCUT2D eigenvalue weighted by atomic mass is 10.3. The SMILES string of the molecule is CCc1nc(N2CCN(CC3CC3)CC2)sc1CO. The molecule has 2 aliphatic rings. The number of hydrogen-bond acceptors (Lipinski definition) is 5. The van der Waals surface area contributed by atoms with Crippen LogP contribution in [0.5, 0.6) is 0 Å². The number of thiazole rings is 1. The van der Waals surface area contributed by atoms with E-state index >= 15 is 0 Å². The maximum absolute atomic E-state index is 9.35. The third kappa shape index (κ3) is 3.09. The minimum atomic E-state index is 0.127. The molecule has 2 fully saturated rings. The van der Waals surface area contributed by atoms with E-state index in [4.69, 9.17) is 0 Å². The summed E-state index contributed by atoms with van der Waals surface area (Å²) in [6, 6.07) is 0. The van der Waals surface area contributed by atoms with Crippen LogP contribution in [0.25, 0.3) is 0 Å². The Morgan fingerprint density at radius 3 is 2.53 bits per heavy atom. The Bertz CT molecular complexity index is 401. The molecule has 1 aliphatic heterocycles. The highest BCUT2D eigenvalue weighted by Crippen LogP contribution is 2.31. The van der Waals surface area contributed by atoms with Crippen molar-refractivity contribution in [1.29, 1.82) is 0 Å². The van der Waals surface area contributed by atoms with E-state index in [9.17, 15) is 5.11 Å². The Morgan fingerprint density at radius 2 is 2.00 bits per heavy atom. The Balaban J connectivity index is 1.59. The van der Waals surface area contributed by atoms with Crippen molar-refractivity contribution in [2.45, 2.75) is 32.8 Å². The molecule has 1 N–H and O–H groups in total. The zero-order valence-electron chi connectivity index (χ0n) is 11.6. The molecule has 0 atom stereocenters. The largest absolute Gasteiger partial charge is 0.391 e. The number of hydrogen-bond donors (Lipinski definition) is 1. The van der Waals surface area contributed by atoms with E-state index in [1.165, 1.54) is 19.4 Å². The summed E-state index contributed by atoms with van der Waals surface area (Å²) in [6.07, 6.45) is 3.78. The van der Waals surface area contributed by atoms with Crippen molar-refractivity contribution in [2.75, 3.05) is 37.6 Å². The van der Waals surface area contributed by atoms with Crippen molar-refractivity contribution in [2.24, 2.45) is 5.92 Å². The molecule has 5 heteroatoms. The minimum Gasteiger partial charge on any atom is -0.391 e. The summed E-state index contributed by atoms with van der Waals surface area (Å²) in [5.41, 5.74) is 1.07. The molecule has 1 aromatic rings. The number of nitrogens with zero attached hydrogens (tertiary/aromatic N) is 3. The lowest BCUT2D eigenvalue weighted by Gasteiger charge is -2.34. The summed E-state index contributed by atoms with van der Waals surface area (Å²) >= 11 is 1.66. The molecule has 1 aromatic heterocycles. The molecule has 19 heavy (non-hydrogen) atoms. The van der Waals surface area contributed by atoms with Crippen LogP contribution in [0.15, 0.2) is 0 Å². The van der Waals surface area contributed by atoms with Gasteiger partial charge >= 0.3 is 0 Å². The number of anilines is 1. The Kier molecular flexibility index (Phi) is 4.05. The Labute approximate surface area is 119 Å². The van der Waals surface area contributed by atoms with E-state index < -0.39 is 0 Å². The van der Waals surface area contributed by atoms with Crippen LogP contribution in [0.1, 0.15) is 30.3 Å². The van der Waals surface area contributed by atoms with Gasteiger partial charge in [0.05, 0.1) is 17.2 Å². The molecule has 2 heterocycles. The average Bonchev–Trinajstić information content (AvgIpc) is 3.16. The number of aromatic nitrogens is 1. The van der Waals surface area contributed by atoms with E-state index in [0.717, 1.165) is 54.2 Å². The zero-order valence-corrected chi connectivity index (χ0v) is 12.5. The fourth-order valence-electron chi connectivity index (χ4n) is 2.69. The monoisotopic (exact) mass is 281 g/mol. The van der Waals surface area contributed by atoms with Gasteiger partial charge in [0, 0.05) is 32.7 Å². The van der Waals surface area contributed by atoms with Crippen LogP contribution >= 0.6 is 11.3 Å². The van der Waals surface area contributed by atoms with Gasteiger partial charge in [-0.25, -0.2) is 4.98 Å². The van der Waals surface area contributed by atoms with Crippen LogP contribution < -0.4 is 4.90 Å². The first-order valence-corrected chi connectivity index (χ1v) is 8.18. The number of rotatable bonds is 5. The smallest absolute Gasteiger partial charge is 0.185 e. The van der Waals surface area contributed by atoms with Gasteiger partial charge in [0.25, 0.3) is 0 Å². The molecule has 0 radical (unpaired) electrons. The van der Waals surface area contributed by atoms with Gasteiger partial charge in [0.15, 0.2) is 5.13 Å². The molecule has 4 nitrogen and oxygen atoms in total. The molecular weight excluding hydrogens is 258 g/mol. The highest BCUT2D eigenvalue weighted by Gasteiger charge is 2.27. The standard InChI is InChI=1S/C14H23N3OS/c1-2-12-13(10-18)19-14(15-12)17-7-5-16(6-8-17)9-11-3-4-11/h11,18H,2-10H2,1H3. The molecule has 1 aliphatic carbocycles. The molecule has 0 bridgehead atoms. The molecule has 1 saturated carbocycles. The van der Waals surface area contributed by atoms with Crippen molar-refractivity contribution >= 4 is 16.5 Å². The zero-order chi connectivity index (χ0) is 13.2. The second kappa shape index (κ2) is 5.77. The summed E-state index contributed by atoms with van der Waals surface area (Å²) in [7, 11) is 0. The second-order valence-corrected chi connectivity index (χ2v) is 6.67. The quantitative estimate of drug-likeness (QED) is 0.892. The fourth-order valence-corrected chi connectivity index (χ4v) is 3.75. The lowest BCUT2D eigenvalue weighted by molar-refractivity contribution is 0.248. The van der Waals surface area contributed by atoms with Crippen LogP contribution in [-0.2, 0) is 13.0 Å². The van der Waals surface area contributed by atoms with Crippen LogP contribution in [0, 0.1) is 5.92 Å². The van der Waals surface area contributed by atoms with Gasteiger partial charge < -0.3 is 10.0 Å². The Morgan fingerprint density at radius 1 is 1.26 bits per heavy atom. The van der Waals surface area contributed by atoms with Crippen molar-refractivity contribution in [3.8, 4) is 0 Å². The number of aliphatic hydroxyl groups is 1.